The predicted molar refractivity (Wildman–Crippen MR) is 86.1 cm³/mol. The first kappa shape index (κ1) is 17.3. The minimum absolute atomic E-state index is 0.178. The average molecular weight is 355 g/mol. The molecule has 2 aliphatic rings. The summed E-state index contributed by atoms with van der Waals surface area (Å²) in [6, 6.07) is 5.17. The van der Waals surface area contributed by atoms with Gasteiger partial charge in [-0.15, -0.1) is 0 Å². The summed E-state index contributed by atoms with van der Waals surface area (Å²) >= 11 is 0. The highest BCUT2D eigenvalue weighted by atomic mass is 32.2. The van der Waals surface area contributed by atoms with Crippen molar-refractivity contribution in [1.29, 1.82) is 0 Å². The van der Waals surface area contributed by atoms with Gasteiger partial charge < -0.3 is 14.4 Å². The Bertz CT molecular complexity index is 696. The lowest BCUT2D eigenvalue weighted by molar-refractivity contribution is -0.129. The smallest absolute Gasteiger partial charge is 0.272 e. The van der Waals surface area contributed by atoms with E-state index in [9.17, 15) is 13.2 Å². The predicted octanol–water partition coefficient (Wildman–Crippen LogP) is -0.415. The molecule has 0 N–H and O–H groups in total. The fourth-order valence-corrected chi connectivity index (χ4v) is 3.88. The number of pyridine rings is 1. The Kier molecular flexibility index (Phi) is 4.86. The first-order valence-corrected chi connectivity index (χ1v) is 9.62. The van der Waals surface area contributed by atoms with E-state index in [1.807, 2.05) is 0 Å². The largest absolute Gasteiger partial charge is 0.377 e. The summed E-state index contributed by atoms with van der Waals surface area (Å²) in [5, 5.41) is 0. The van der Waals surface area contributed by atoms with Gasteiger partial charge in [0.1, 0.15) is 11.3 Å². The molecule has 1 aromatic rings. The highest BCUT2D eigenvalue weighted by Gasteiger charge is 2.43. The van der Waals surface area contributed by atoms with Crippen molar-refractivity contribution in [1.82, 2.24) is 14.2 Å². The van der Waals surface area contributed by atoms with Gasteiger partial charge in [0.05, 0.1) is 32.6 Å². The fraction of sp³-hybridized carbons (Fsp3) is 0.600. The molecule has 0 aliphatic carbocycles. The molecule has 0 radical (unpaired) electrons. The number of sulfonamides is 1. The zero-order valence-corrected chi connectivity index (χ0v) is 14.4. The van der Waals surface area contributed by atoms with E-state index in [1.54, 1.807) is 29.3 Å². The topological polar surface area (TPSA) is 89.0 Å². The standard InChI is InChI=1S/C15H21N3O5S/c1-24(20,21)18-7-8-22-12-15(11-18)10-17(6-9-23-15)14(19)13-4-2-3-5-16-13/h2-5H,6-12H2,1H3/t15-/m1/s1. The molecule has 1 aromatic heterocycles. The lowest BCUT2D eigenvalue weighted by atomic mass is 10.0. The van der Waals surface area contributed by atoms with Crippen molar-refractivity contribution < 1.29 is 22.7 Å². The number of hydrogen-bond acceptors (Lipinski definition) is 6. The van der Waals surface area contributed by atoms with Gasteiger partial charge in [-0.2, -0.15) is 4.31 Å². The molecule has 2 fully saturated rings. The highest BCUT2D eigenvalue weighted by molar-refractivity contribution is 7.88. The molecule has 132 valence electrons. The summed E-state index contributed by atoms with van der Waals surface area (Å²) in [5.74, 6) is -0.187. The number of aromatic nitrogens is 1. The molecule has 3 heterocycles. The van der Waals surface area contributed by atoms with Gasteiger partial charge in [-0.1, -0.05) is 6.07 Å². The molecule has 0 saturated carbocycles. The zero-order valence-electron chi connectivity index (χ0n) is 13.6. The quantitative estimate of drug-likeness (QED) is 0.716. The maximum Gasteiger partial charge on any atom is 0.272 e. The van der Waals surface area contributed by atoms with Crippen LogP contribution < -0.4 is 0 Å². The second kappa shape index (κ2) is 6.75. The molecular weight excluding hydrogens is 334 g/mol. The van der Waals surface area contributed by atoms with E-state index in [1.165, 1.54) is 10.6 Å². The lowest BCUT2D eigenvalue weighted by Crippen LogP contribution is -2.60. The maximum atomic E-state index is 12.6. The van der Waals surface area contributed by atoms with Gasteiger partial charge in [-0.05, 0) is 12.1 Å². The minimum Gasteiger partial charge on any atom is -0.377 e. The molecule has 1 amide bonds. The van der Waals surface area contributed by atoms with Crippen LogP contribution in [0.2, 0.25) is 0 Å². The van der Waals surface area contributed by atoms with Crippen molar-refractivity contribution in [3.8, 4) is 0 Å². The molecule has 0 bridgehead atoms. The van der Waals surface area contributed by atoms with Crippen molar-refractivity contribution in [2.24, 2.45) is 0 Å². The van der Waals surface area contributed by atoms with E-state index in [0.29, 0.717) is 25.5 Å². The molecule has 3 rings (SSSR count). The number of rotatable bonds is 2. The number of hydrogen-bond donors (Lipinski definition) is 0. The van der Waals surface area contributed by atoms with Crippen LogP contribution in [0.25, 0.3) is 0 Å². The summed E-state index contributed by atoms with van der Waals surface area (Å²) in [6.45, 7) is 2.08. The number of nitrogens with zero attached hydrogens (tertiary/aromatic N) is 3. The van der Waals surface area contributed by atoms with E-state index < -0.39 is 15.6 Å². The van der Waals surface area contributed by atoms with Gasteiger partial charge in [-0.25, -0.2) is 8.42 Å². The minimum atomic E-state index is -3.36. The first-order chi connectivity index (χ1) is 11.4. The maximum absolute atomic E-state index is 12.6. The van der Waals surface area contributed by atoms with Crippen molar-refractivity contribution in [3.63, 3.8) is 0 Å². The van der Waals surface area contributed by atoms with Crippen molar-refractivity contribution >= 4 is 15.9 Å². The molecule has 0 aromatic carbocycles. The highest BCUT2D eigenvalue weighted by Crippen LogP contribution is 2.24. The first-order valence-electron chi connectivity index (χ1n) is 7.77. The third-order valence-corrected chi connectivity index (χ3v) is 5.45. The summed E-state index contributed by atoms with van der Waals surface area (Å²) in [6.07, 6.45) is 2.75. The Morgan fingerprint density at radius 1 is 1.25 bits per heavy atom. The summed E-state index contributed by atoms with van der Waals surface area (Å²) in [7, 11) is -3.36. The van der Waals surface area contributed by atoms with Gasteiger partial charge in [0.2, 0.25) is 10.0 Å². The number of morpholine rings is 1. The Hall–Kier alpha value is -1.55. The van der Waals surface area contributed by atoms with Crippen LogP contribution in [-0.4, -0.2) is 86.4 Å². The second-order valence-electron chi connectivity index (χ2n) is 6.12. The van der Waals surface area contributed by atoms with E-state index >= 15 is 0 Å². The van der Waals surface area contributed by atoms with Gasteiger partial charge in [0, 0.05) is 25.8 Å². The second-order valence-corrected chi connectivity index (χ2v) is 8.10. The SMILES string of the molecule is CS(=O)(=O)N1CCOC[C@@]2(CN(C(=O)c3ccccn3)CCO2)C1. The molecule has 24 heavy (non-hydrogen) atoms. The number of amides is 1. The summed E-state index contributed by atoms with van der Waals surface area (Å²) in [4.78, 5) is 18.4. The van der Waals surface area contributed by atoms with E-state index in [2.05, 4.69) is 4.98 Å². The van der Waals surface area contributed by atoms with Crippen LogP contribution in [0.5, 0.6) is 0 Å². The summed E-state index contributed by atoms with van der Waals surface area (Å²) < 4.78 is 36.7. The fourth-order valence-electron chi connectivity index (χ4n) is 3.01. The lowest BCUT2D eigenvalue weighted by Gasteiger charge is -2.42. The molecule has 0 unspecified atom stereocenters. The van der Waals surface area contributed by atoms with Crippen LogP contribution in [0.1, 0.15) is 10.5 Å². The van der Waals surface area contributed by atoms with E-state index in [0.717, 1.165) is 0 Å². The Balaban J connectivity index is 1.79. The summed E-state index contributed by atoms with van der Waals surface area (Å²) in [5.41, 5.74) is -0.480. The van der Waals surface area contributed by atoms with Crippen molar-refractivity contribution in [2.75, 3.05) is 52.3 Å². The van der Waals surface area contributed by atoms with E-state index in [-0.39, 0.29) is 32.1 Å². The van der Waals surface area contributed by atoms with Gasteiger partial charge >= 0.3 is 0 Å². The molecule has 1 atom stereocenters. The van der Waals surface area contributed by atoms with Gasteiger partial charge in [0.25, 0.3) is 5.91 Å². The van der Waals surface area contributed by atoms with Crippen LogP contribution in [0.15, 0.2) is 24.4 Å². The molecule has 2 aliphatic heterocycles. The average Bonchev–Trinajstić information content (AvgIpc) is 2.77. The molecule has 8 nitrogen and oxygen atoms in total. The normalized spacial score (nSPS) is 26.3. The van der Waals surface area contributed by atoms with Gasteiger partial charge in [-0.3, -0.25) is 9.78 Å². The van der Waals surface area contributed by atoms with Gasteiger partial charge in [0.15, 0.2) is 0 Å². The Morgan fingerprint density at radius 2 is 2.08 bits per heavy atom. The molecular formula is C15H21N3O5S. The van der Waals surface area contributed by atoms with Crippen LogP contribution in [-0.2, 0) is 19.5 Å². The Morgan fingerprint density at radius 3 is 2.79 bits per heavy atom. The van der Waals surface area contributed by atoms with Crippen LogP contribution in [0.4, 0.5) is 0 Å². The number of ether oxygens (including phenoxy) is 2. The van der Waals surface area contributed by atoms with Crippen LogP contribution >= 0.6 is 0 Å². The third kappa shape index (κ3) is 3.75. The third-order valence-electron chi connectivity index (χ3n) is 4.20. The van der Waals surface area contributed by atoms with E-state index in [4.69, 9.17) is 9.47 Å². The van der Waals surface area contributed by atoms with Crippen molar-refractivity contribution in [2.45, 2.75) is 5.60 Å². The monoisotopic (exact) mass is 355 g/mol. The zero-order chi connectivity index (χ0) is 17.2. The number of carbonyl (C=O) groups is 1. The van der Waals surface area contributed by atoms with Crippen LogP contribution in [0, 0.1) is 0 Å². The molecule has 2 saturated heterocycles. The van der Waals surface area contributed by atoms with Crippen molar-refractivity contribution in [3.05, 3.63) is 30.1 Å². The Labute approximate surface area is 141 Å². The molecule has 9 heteroatoms. The number of carbonyl (C=O) groups excluding carboxylic acids is 1. The molecule has 1 spiro atoms. The van der Waals surface area contributed by atoms with Crippen LogP contribution in [0.3, 0.4) is 0 Å².